The molecular weight excluding hydrogens is 733 g/mol. The first-order valence-electron chi connectivity index (χ1n) is 19.9. The van der Waals surface area contributed by atoms with Crippen LogP contribution in [-0.2, 0) is 34.5 Å². The molecule has 0 bridgehead atoms. The zero-order valence-electron chi connectivity index (χ0n) is 36.1. The van der Waals surface area contributed by atoms with Gasteiger partial charge in [0.2, 0.25) is 0 Å². The van der Waals surface area contributed by atoms with Crippen molar-refractivity contribution in [2.75, 3.05) is 13.7 Å². The number of esters is 1. The molecule has 0 N–H and O–H groups in total. The summed E-state index contributed by atoms with van der Waals surface area (Å²) in [5.74, 6) is -0.0268. The number of rotatable bonds is 21. The molecule has 4 atom stereocenters. The highest BCUT2D eigenvalue weighted by Gasteiger charge is 2.51. The van der Waals surface area contributed by atoms with Crippen molar-refractivity contribution >= 4 is 38.8 Å². The molecule has 0 amide bonds. The zero-order chi connectivity index (χ0) is 41.7. The van der Waals surface area contributed by atoms with Crippen LogP contribution in [0.1, 0.15) is 87.1 Å². The molecule has 0 saturated heterocycles. The maximum Gasteiger partial charge on any atom is 0.333 e. The van der Waals surface area contributed by atoms with Crippen LogP contribution in [-0.4, -0.2) is 60.4 Å². The van der Waals surface area contributed by atoms with Gasteiger partial charge in [-0.05, 0) is 90.3 Å². The molecule has 3 rings (SSSR count). The number of ketones is 1. The van der Waals surface area contributed by atoms with Crippen LogP contribution in [0.4, 0.5) is 0 Å². The molecular formula is C47H68O7Si2. The van der Waals surface area contributed by atoms with Crippen molar-refractivity contribution in [1.29, 1.82) is 0 Å². The Balaban J connectivity index is 2.10. The second-order valence-corrected chi connectivity index (χ2v) is 26.6. The van der Waals surface area contributed by atoms with E-state index in [0.717, 1.165) is 28.1 Å². The molecule has 0 spiro atoms. The van der Waals surface area contributed by atoms with Crippen LogP contribution in [0.15, 0.2) is 109 Å². The predicted octanol–water partition coefficient (Wildman–Crippen LogP) is 9.99. The Labute approximate surface area is 340 Å². The van der Waals surface area contributed by atoms with Crippen LogP contribution >= 0.6 is 0 Å². The van der Waals surface area contributed by atoms with Gasteiger partial charge < -0.3 is 23.1 Å². The van der Waals surface area contributed by atoms with Crippen molar-refractivity contribution in [1.82, 2.24) is 0 Å². The third-order valence-electron chi connectivity index (χ3n) is 11.0. The fraction of sp³-hybridized carbons (Fsp3) is 0.489. The van der Waals surface area contributed by atoms with Crippen molar-refractivity contribution in [3.05, 3.63) is 115 Å². The first-order chi connectivity index (χ1) is 26.3. The second kappa shape index (κ2) is 20.7. The lowest BCUT2D eigenvalue weighted by Crippen LogP contribution is -2.67. The molecule has 0 fully saturated rings. The molecule has 0 radical (unpaired) electrons. The monoisotopic (exact) mass is 800 g/mol. The average Bonchev–Trinajstić information content (AvgIpc) is 3.14. The van der Waals surface area contributed by atoms with Gasteiger partial charge in [-0.2, -0.15) is 0 Å². The van der Waals surface area contributed by atoms with Crippen LogP contribution < -0.4 is 15.1 Å². The van der Waals surface area contributed by atoms with E-state index in [9.17, 15) is 9.59 Å². The third kappa shape index (κ3) is 12.4. The molecule has 3 aromatic carbocycles. The molecule has 0 aliphatic carbocycles. The number of carbonyl (C=O) groups excluding carboxylic acids is 2. The maximum atomic E-state index is 13.8. The summed E-state index contributed by atoms with van der Waals surface area (Å²) in [6.07, 6.45) is 3.47. The standard InChI is InChI=1S/C47H68O7Si2/c1-14-15-18-23-35(2)45(49)53-40(34-52-56(47(8,9)10,41-24-19-16-20-25-41)42-26-21-17-22-27-42)32-36(3)43(54-55(12,13)46(5,6)7)44(37(4)48)51-33-38-28-30-39(50-11)31-29-38/h14,16-17,19-31,36,40,43-44H,1,15,18,32-34H2,2-13H3/b35-23+/t36-,40-,43-,44-/m1/s1. The van der Waals surface area contributed by atoms with Gasteiger partial charge in [-0.1, -0.05) is 133 Å². The van der Waals surface area contributed by atoms with Gasteiger partial charge in [0.1, 0.15) is 18.0 Å². The Bertz CT molecular complexity index is 1670. The summed E-state index contributed by atoms with van der Waals surface area (Å²) in [4.78, 5) is 27.4. The van der Waals surface area contributed by atoms with Crippen molar-refractivity contribution in [2.24, 2.45) is 5.92 Å². The van der Waals surface area contributed by atoms with E-state index in [1.165, 1.54) is 0 Å². The normalized spacial score (nSPS) is 15.0. The minimum Gasteiger partial charge on any atom is -0.497 e. The fourth-order valence-corrected chi connectivity index (χ4v) is 12.7. The first kappa shape index (κ1) is 46.8. The molecule has 7 nitrogen and oxygen atoms in total. The Kier molecular flexibility index (Phi) is 17.3. The van der Waals surface area contributed by atoms with Crippen molar-refractivity contribution in [3.8, 4) is 5.75 Å². The van der Waals surface area contributed by atoms with Crippen LogP contribution in [0.5, 0.6) is 5.75 Å². The van der Waals surface area contributed by atoms with Crippen LogP contribution in [0.3, 0.4) is 0 Å². The van der Waals surface area contributed by atoms with E-state index < -0.39 is 40.9 Å². The Morgan fingerprint density at radius 3 is 1.82 bits per heavy atom. The van der Waals surface area contributed by atoms with Gasteiger partial charge in [0, 0.05) is 5.57 Å². The number of hydrogen-bond acceptors (Lipinski definition) is 7. The van der Waals surface area contributed by atoms with E-state index in [1.54, 1.807) is 21.0 Å². The first-order valence-corrected chi connectivity index (χ1v) is 24.8. The zero-order valence-corrected chi connectivity index (χ0v) is 38.1. The van der Waals surface area contributed by atoms with Gasteiger partial charge in [-0.15, -0.1) is 6.58 Å². The van der Waals surface area contributed by atoms with Gasteiger partial charge >= 0.3 is 5.97 Å². The SMILES string of the molecule is C=CCC/C=C(\C)C(=O)O[C@@H](CO[Si](c1ccccc1)(c1ccccc1)C(C)(C)C)C[C@@H](C)[C@@H](O[Si](C)(C)C(C)(C)C)[C@H](OCc1ccc(OC)cc1)C(C)=O. The van der Waals surface area contributed by atoms with Gasteiger partial charge in [0.25, 0.3) is 8.32 Å². The van der Waals surface area contributed by atoms with E-state index in [4.69, 9.17) is 23.1 Å². The Hall–Kier alpha value is -3.61. The van der Waals surface area contributed by atoms with E-state index in [2.05, 4.69) is 117 Å². The van der Waals surface area contributed by atoms with Crippen molar-refractivity contribution < 1.29 is 32.7 Å². The van der Waals surface area contributed by atoms with Crippen molar-refractivity contribution in [2.45, 2.75) is 130 Å². The van der Waals surface area contributed by atoms with Gasteiger partial charge in [0.05, 0.1) is 26.4 Å². The molecule has 0 aromatic heterocycles. The minimum atomic E-state index is -2.98. The number of methoxy groups -OCH3 is 1. The van der Waals surface area contributed by atoms with Crippen molar-refractivity contribution in [3.63, 3.8) is 0 Å². The van der Waals surface area contributed by atoms with E-state index in [-0.39, 0.29) is 35.0 Å². The molecule has 0 aliphatic heterocycles. The quantitative estimate of drug-likeness (QED) is 0.0349. The molecule has 0 heterocycles. The second-order valence-electron chi connectivity index (χ2n) is 17.5. The van der Waals surface area contributed by atoms with E-state index >= 15 is 0 Å². The Morgan fingerprint density at radius 1 is 0.804 bits per heavy atom. The third-order valence-corrected chi connectivity index (χ3v) is 20.5. The van der Waals surface area contributed by atoms with Crippen LogP contribution in [0.25, 0.3) is 0 Å². The van der Waals surface area contributed by atoms with Crippen LogP contribution in [0.2, 0.25) is 23.2 Å². The lowest BCUT2D eigenvalue weighted by molar-refractivity contribution is -0.150. The highest BCUT2D eigenvalue weighted by atomic mass is 28.4. The largest absolute Gasteiger partial charge is 0.497 e. The highest BCUT2D eigenvalue weighted by molar-refractivity contribution is 6.99. The molecule has 306 valence electrons. The Morgan fingerprint density at radius 2 is 1.36 bits per heavy atom. The lowest BCUT2D eigenvalue weighted by atomic mass is 9.92. The number of ether oxygens (including phenoxy) is 3. The molecule has 0 saturated carbocycles. The molecule has 9 heteroatoms. The number of unbranched alkanes of at least 4 members (excludes halogenated alkanes) is 1. The summed E-state index contributed by atoms with van der Waals surface area (Å²) in [5, 5.41) is 1.87. The van der Waals surface area contributed by atoms with E-state index in [1.807, 2.05) is 48.6 Å². The predicted molar refractivity (Wildman–Crippen MR) is 235 cm³/mol. The minimum absolute atomic E-state index is 0.118. The molecule has 0 unspecified atom stereocenters. The maximum absolute atomic E-state index is 13.8. The smallest absolute Gasteiger partial charge is 0.333 e. The summed E-state index contributed by atoms with van der Waals surface area (Å²) < 4.78 is 32.8. The number of benzene rings is 3. The van der Waals surface area contributed by atoms with Gasteiger partial charge in [-0.3, -0.25) is 4.79 Å². The molecule has 56 heavy (non-hydrogen) atoms. The van der Waals surface area contributed by atoms with Crippen LogP contribution in [0, 0.1) is 5.92 Å². The summed E-state index contributed by atoms with van der Waals surface area (Å²) in [6.45, 7) is 27.3. The van der Waals surface area contributed by atoms with Gasteiger partial charge in [0.15, 0.2) is 14.1 Å². The summed E-state index contributed by atoms with van der Waals surface area (Å²) in [7, 11) is -3.79. The number of Topliss-reactive ketones (excluding diaryl/α,β-unsaturated/α-hetero) is 1. The summed E-state index contributed by atoms with van der Waals surface area (Å²) in [5.41, 5.74) is 1.45. The van der Waals surface area contributed by atoms with E-state index in [0.29, 0.717) is 18.4 Å². The summed E-state index contributed by atoms with van der Waals surface area (Å²) in [6, 6.07) is 28.5. The topological polar surface area (TPSA) is 80.3 Å². The molecule has 0 aliphatic rings. The number of carbonyl (C=O) groups is 2. The van der Waals surface area contributed by atoms with Gasteiger partial charge in [-0.25, -0.2) is 4.79 Å². The average molecular weight is 801 g/mol. The lowest BCUT2D eigenvalue weighted by Gasteiger charge is -2.44. The number of allylic oxidation sites excluding steroid dienone is 2. The summed E-state index contributed by atoms with van der Waals surface area (Å²) >= 11 is 0. The fourth-order valence-electron chi connectivity index (χ4n) is 6.77. The number of hydrogen-bond donors (Lipinski definition) is 0. The molecule has 3 aromatic rings. The highest BCUT2D eigenvalue weighted by Crippen LogP contribution is 2.40.